The molecule has 0 saturated carbocycles. The number of ether oxygens (including phenoxy) is 3. The van der Waals surface area contributed by atoms with Gasteiger partial charge in [-0.05, 0) is 37.6 Å². The van der Waals surface area contributed by atoms with Crippen molar-refractivity contribution in [1.82, 2.24) is 0 Å². The molecule has 2 amide bonds. The van der Waals surface area contributed by atoms with Crippen molar-refractivity contribution in [2.45, 2.75) is 20.3 Å². The number of carbonyl (C=O) groups excluding carboxylic acids is 3. The summed E-state index contributed by atoms with van der Waals surface area (Å²) in [4.78, 5) is 38.8. The van der Waals surface area contributed by atoms with Crippen molar-refractivity contribution in [3.63, 3.8) is 0 Å². The first-order valence-corrected chi connectivity index (χ1v) is 9.88. The lowest BCUT2D eigenvalue weighted by atomic mass is 10.1. The summed E-state index contributed by atoms with van der Waals surface area (Å²) in [5.41, 5.74) is 3.25. The van der Waals surface area contributed by atoms with E-state index >= 15 is 0 Å². The minimum atomic E-state index is -0.618. The van der Waals surface area contributed by atoms with Crippen LogP contribution in [-0.2, 0) is 19.1 Å². The van der Waals surface area contributed by atoms with Crippen molar-refractivity contribution < 1.29 is 28.6 Å². The highest BCUT2D eigenvalue weighted by Gasteiger charge is 2.36. The lowest BCUT2D eigenvalue weighted by Crippen LogP contribution is -2.28. The molecule has 3 rings (SSSR count). The molecular formula is C23H26N2O6. The third kappa shape index (κ3) is 5.14. The molecule has 0 aliphatic carbocycles. The molecule has 1 fully saturated rings. The topological polar surface area (TPSA) is 94.2 Å². The van der Waals surface area contributed by atoms with Crippen LogP contribution in [0.2, 0.25) is 0 Å². The summed E-state index contributed by atoms with van der Waals surface area (Å²) in [6, 6.07) is 10.8. The van der Waals surface area contributed by atoms with Crippen LogP contribution in [-0.4, -0.2) is 45.2 Å². The van der Waals surface area contributed by atoms with E-state index in [-0.39, 0.29) is 18.9 Å². The van der Waals surface area contributed by atoms with Crippen LogP contribution in [0.15, 0.2) is 36.4 Å². The summed E-state index contributed by atoms with van der Waals surface area (Å²) in [7, 11) is 3.00. The number of nitrogens with one attached hydrogen (secondary N) is 1. The largest absolute Gasteiger partial charge is 0.497 e. The van der Waals surface area contributed by atoms with E-state index in [1.165, 1.54) is 14.2 Å². The highest BCUT2D eigenvalue weighted by molar-refractivity contribution is 6.00. The fourth-order valence-corrected chi connectivity index (χ4v) is 3.56. The number of esters is 1. The van der Waals surface area contributed by atoms with Gasteiger partial charge in [-0.3, -0.25) is 14.4 Å². The number of carbonyl (C=O) groups is 3. The summed E-state index contributed by atoms with van der Waals surface area (Å²) in [6.07, 6.45) is 0.0531. The van der Waals surface area contributed by atoms with Gasteiger partial charge in [0, 0.05) is 24.7 Å². The summed E-state index contributed by atoms with van der Waals surface area (Å²) < 4.78 is 15.5. The standard InChI is InChI=1S/C23H26N2O6/c1-14-5-7-19(15(2)9-14)25-12-16(10-22(25)27)23(28)31-13-21(26)24-18-11-17(29-3)6-8-20(18)30-4/h5-9,11,16H,10,12-13H2,1-4H3,(H,24,26)/t16-/m1/s1. The third-order valence-electron chi connectivity index (χ3n) is 5.13. The Morgan fingerprint density at radius 1 is 1.10 bits per heavy atom. The molecule has 164 valence electrons. The molecule has 2 aromatic rings. The lowest BCUT2D eigenvalue weighted by Gasteiger charge is -2.19. The van der Waals surface area contributed by atoms with Gasteiger partial charge in [0.05, 0.1) is 25.8 Å². The Bertz CT molecular complexity index is 1000. The minimum Gasteiger partial charge on any atom is -0.497 e. The molecule has 0 radical (unpaired) electrons. The van der Waals surface area contributed by atoms with E-state index in [1.807, 2.05) is 32.0 Å². The smallest absolute Gasteiger partial charge is 0.311 e. The number of hydrogen-bond acceptors (Lipinski definition) is 6. The molecule has 1 aliphatic rings. The number of amides is 2. The molecule has 1 atom stereocenters. The summed E-state index contributed by atoms with van der Waals surface area (Å²) in [5, 5.41) is 2.64. The van der Waals surface area contributed by atoms with Gasteiger partial charge in [-0.2, -0.15) is 0 Å². The number of hydrogen-bond donors (Lipinski definition) is 1. The fourth-order valence-electron chi connectivity index (χ4n) is 3.56. The van der Waals surface area contributed by atoms with E-state index in [9.17, 15) is 14.4 Å². The number of aryl methyl sites for hydroxylation is 2. The van der Waals surface area contributed by atoms with E-state index in [2.05, 4.69) is 5.32 Å². The first-order chi connectivity index (χ1) is 14.8. The van der Waals surface area contributed by atoms with Gasteiger partial charge in [-0.25, -0.2) is 0 Å². The number of methoxy groups -OCH3 is 2. The second-order valence-electron chi connectivity index (χ2n) is 7.42. The van der Waals surface area contributed by atoms with Crippen LogP contribution in [0, 0.1) is 19.8 Å². The number of nitrogens with zero attached hydrogens (tertiary/aromatic N) is 1. The van der Waals surface area contributed by atoms with E-state index in [1.54, 1.807) is 23.1 Å². The van der Waals surface area contributed by atoms with E-state index in [0.29, 0.717) is 17.2 Å². The average molecular weight is 426 g/mol. The Kier molecular flexibility index (Phi) is 6.79. The first-order valence-electron chi connectivity index (χ1n) is 9.88. The first kappa shape index (κ1) is 22.1. The van der Waals surface area contributed by atoms with Gasteiger partial charge < -0.3 is 24.4 Å². The van der Waals surface area contributed by atoms with Crippen molar-refractivity contribution in [3.05, 3.63) is 47.5 Å². The van der Waals surface area contributed by atoms with Gasteiger partial charge in [0.2, 0.25) is 5.91 Å². The fraction of sp³-hybridized carbons (Fsp3) is 0.348. The lowest BCUT2D eigenvalue weighted by molar-refractivity contribution is -0.151. The molecule has 2 aromatic carbocycles. The molecular weight excluding hydrogens is 400 g/mol. The van der Waals surface area contributed by atoms with Gasteiger partial charge in [-0.15, -0.1) is 0 Å². The molecule has 0 aromatic heterocycles. The Hall–Kier alpha value is -3.55. The van der Waals surface area contributed by atoms with Crippen LogP contribution in [0.1, 0.15) is 17.5 Å². The third-order valence-corrected chi connectivity index (χ3v) is 5.13. The van der Waals surface area contributed by atoms with Crippen molar-refractivity contribution in [2.24, 2.45) is 5.92 Å². The molecule has 0 unspecified atom stereocenters. The maximum atomic E-state index is 12.5. The Labute approximate surface area is 181 Å². The quantitative estimate of drug-likeness (QED) is 0.685. The molecule has 1 aliphatic heterocycles. The van der Waals surface area contributed by atoms with Crippen molar-refractivity contribution in [2.75, 3.05) is 37.6 Å². The summed E-state index contributed by atoms with van der Waals surface area (Å²) in [5.74, 6) is -0.856. The molecule has 31 heavy (non-hydrogen) atoms. The van der Waals surface area contributed by atoms with Crippen molar-refractivity contribution in [3.8, 4) is 11.5 Å². The van der Waals surface area contributed by atoms with E-state index in [0.717, 1.165) is 16.8 Å². The highest BCUT2D eigenvalue weighted by Crippen LogP contribution is 2.30. The monoisotopic (exact) mass is 426 g/mol. The molecule has 1 saturated heterocycles. The van der Waals surface area contributed by atoms with Crippen LogP contribution in [0.5, 0.6) is 11.5 Å². The van der Waals surface area contributed by atoms with Gasteiger partial charge in [0.25, 0.3) is 5.91 Å². The van der Waals surface area contributed by atoms with Crippen LogP contribution in [0.3, 0.4) is 0 Å². The Morgan fingerprint density at radius 3 is 2.55 bits per heavy atom. The van der Waals surface area contributed by atoms with Gasteiger partial charge in [0.15, 0.2) is 6.61 Å². The van der Waals surface area contributed by atoms with E-state index < -0.39 is 24.4 Å². The van der Waals surface area contributed by atoms with E-state index in [4.69, 9.17) is 14.2 Å². The Balaban J connectivity index is 1.57. The SMILES string of the molecule is COc1ccc(OC)c(NC(=O)COC(=O)[C@@H]2CC(=O)N(c3ccc(C)cc3C)C2)c1. The number of anilines is 2. The second kappa shape index (κ2) is 9.51. The van der Waals surface area contributed by atoms with Crippen LogP contribution >= 0.6 is 0 Å². The summed E-state index contributed by atoms with van der Waals surface area (Å²) >= 11 is 0. The van der Waals surface area contributed by atoms with Gasteiger partial charge in [-0.1, -0.05) is 17.7 Å². The van der Waals surface area contributed by atoms with Crippen molar-refractivity contribution in [1.29, 1.82) is 0 Å². The zero-order valence-corrected chi connectivity index (χ0v) is 18.1. The normalized spacial score (nSPS) is 15.5. The molecule has 8 heteroatoms. The molecule has 0 bridgehead atoms. The minimum absolute atomic E-state index is 0.0531. The average Bonchev–Trinajstić information content (AvgIpc) is 3.13. The zero-order chi connectivity index (χ0) is 22.5. The maximum absolute atomic E-state index is 12.5. The number of rotatable bonds is 7. The van der Waals surface area contributed by atoms with Crippen LogP contribution in [0.25, 0.3) is 0 Å². The zero-order valence-electron chi connectivity index (χ0n) is 18.1. The maximum Gasteiger partial charge on any atom is 0.311 e. The van der Waals surface area contributed by atoms with Gasteiger partial charge >= 0.3 is 5.97 Å². The predicted molar refractivity (Wildman–Crippen MR) is 116 cm³/mol. The number of benzene rings is 2. The second-order valence-corrected chi connectivity index (χ2v) is 7.42. The molecule has 0 spiro atoms. The predicted octanol–water partition coefficient (Wildman–Crippen LogP) is 2.86. The van der Waals surface area contributed by atoms with Gasteiger partial charge in [0.1, 0.15) is 11.5 Å². The molecule has 1 N–H and O–H groups in total. The highest BCUT2D eigenvalue weighted by atomic mass is 16.5. The van der Waals surface area contributed by atoms with Crippen LogP contribution in [0.4, 0.5) is 11.4 Å². The Morgan fingerprint density at radius 2 is 1.87 bits per heavy atom. The molecule has 8 nitrogen and oxygen atoms in total. The molecule has 1 heterocycles. The van der Waals surface area contributed by atoms with Crippen LogP contribution < -0.4 is 19.7 Å². The van der Waals surface area contributed by atoms with Crippen molar-refractivity contribution >= 4 is 29.2 Å². The summed E-state index contributed by atoms with van der Waals surface area (Å²) in [6.45, 7) is 3.67.